The molecule has 12 nitrogen and oxygen atoms in total. The molecule has 0 spiro atoms. The number of nitrogens with one attached hydrogen (secondary N) is 2. The predicted molar refractivity (Wildman–Crippen MR) is 150 cm³/mol. The van der Waals surface area contributed by atoms with Crippen molar-refractivity contribution in [3.8, 4) is 5.75 Å². The summed E-state index contributed by atoms with van der Waals surface area (Å²) in [5, 5.41) is 16.9. The van der Waals surface area contributed by atoms with Gasteiger partial charge in [-0.25, -0.2) is 8.42 Å². The van der Waals surface area contributed by atoms with Gasteiger partial charge in [-0.3, -0.25) is 24.0 Å². The van der Waals surface area contributed by atoms with E-state index in [-0.39, 0.29) is 46.4 Å². The van der Waals surface area contributed by atoms with Crippen molar-refractivity contribution in [2.75, 3.05) is 43.5 Å². The van der Waals surface area contributed by atoms with Crippen LogP contribution in [-0.4, -0.2) is 59.1 Å². The zero-order chi connectivity index (χ0) is 29.4. The minimum absolute atomic E-state index is 0.0704. The van der Waals surface area contributed by atoms with Crippen molar-refractivity contribution in [2.24, 2.45) is 0 Å². The number of nitro groups is 1. The number of methoxy groups -OCH3 is 2. The summed E-state index contributed by atoms with van der Waals surface area (Å²) in [5.41, 5.74) is 0.0736. The highest BCUT2D eigenvalue weighted by Crippen LogP contribution is 2.36. The molecule has 0 aliphatic carbocycles. The third-order valence-electron chi connectivity index (χ3n) is 5.70. The van der Waals surface area contributed by atoms with Crippen LogP contribution in [0.15, 0.2) is 65.6 Å². The zero-order valence-electron chi connectivity index (χ0n) is 21.8. The van der Waals surface area contributed by atoms with Crippen LogP contribution < -0.4 is 19.7 Å². The van der Waals surface area contributed by atoms with Crippen molar-refractivity contribution in [2.45, 2.75) is 11.8 Å². The van der Waals surface area contributed by atoms with Crippen LogP contribution in [0.2, 0.25) is 5.02 Å². The maximum Gasteiger partial charge on any atom is 0.273 e. The number of carbonyl (C=O) groups is 2. The largest absolute Gasteiger partial charge is 0.495 e. The Bertz CT molecular complexity index is 1530. The fraction of sp³-hybridized carbons (Fsp3) is 0.231. The lowest BCUT2D eigenvalue weighted by Gasteiger charge is -2.26. The number of carbonyl (C=O) groups excluding carboxylic acids is 2. The molecular weight excluding hydrogens is 564 g/mol. The van der Waals surface area contributed by atoms with Gasteiger partial charge in [0.25, 0.3) is 21.6 Å². The maximum atomic E-state index is 13.9. The molecule has 0 aliphatic rings. The molecule has 0 bridgehead atoms. The van der Waals surface area contributed by atoms with Crippen molar-refractivity contribution in [1.29, 1.82) is 0 Å². The van der Waals surface area contributed by atoms with E-state index < -0.39 is 43.9 Å². The van der Waals surface area contributed by atoms with Gasteiger partial charge in [0.05, 0.1) is 40.5 Å². The van der Waals surface area contributed by atoms with Crippen molar-refractivity contribution < 1.29 is 32.4 Å². The van der Waals surface area contributed by atoms with Crippen LogP contribution in [0, 0.1) is 17.0 Å². The number of halogens is 1. The van der Waals surface area contributed by atoms with Gasteiger partial charge in [0, 0.05) is 30.3 Å². The quantitative estimate of drug-likeness (QED) is 0.183. The van der Waals surface area contributed by atoms with E-state index >= 15 is 0 Å². The Morgan fingerprint density at radius 2 is 1.80 bits per heavy atom. The Labute approximate surface area is 236 Å². The van der Waals surface area contributed by atoms with Crippen LogP contribution in [0.25, 0.3) is 0 Å². The average molecular weight is 591 g/mol. The smallest absolute Gasteiger partial charge is 0.273 e. The second-order valence-corrected chi connectivity index (χ2v) is 10.7. The number of amides is 2. The molecule has 40 heavy (non-hydrogen) atoms. The number of sulfonamides is 1. The Morgan fingerprint density at radius 1 is 1.07 bits per heavy atom. The minimum atomic E-state index is -4.57. The van der Waals surface area contributed by atoms with Crippen molar-refractivity contribution in [3.05, 3.63) is 86.9 Å². The van der Waals surface area contributed by atoms with Crippen molar-refractivity contribution in [3.63, 3.8) is 0 Å². The monoisotopic (exact) mass is 590 g/mol. The van der Waals surface area contributed by atoms with Crippen LogP contribution in [0.1, 0.15) is 15.9 Å². The van der Waals surface area contributed by atoms with Gasteiger partial charge < -0.3 is 20.1 Å². The molecule has 0 saturated carbocycles. The number of aryl methyl sites for hydroxylation is 1. The first-order chi connectivity index (χ1) is 19.0. The van der Waals surface area contributed by atoms with Gasteiger partial charge in [0.15, 0.2) is 0 Å². The summed E-state index contributed by atoms with van der Waals surface area (Å²) >= 11 is 6.16. The number of rotatable bonds is 12. The molecule has 0 heterocycles. The van der Waals surface area contributed by atoms with E-state index in [0.717, 1.165) is 10.4 Å². The standard InChI is InChI=1S/C26H27ClN4O8S/c1-17-8-10-19(15-22(17)31(34)35)40(36,37)30(23-14-18(27)9-11-24(23)39-3)16-25(32)29-21-7-5-4-6-20(21)26(33)28-12-13-38-2/h4-11,14-15H,12-13,16H2,1-3H3,(H,28,33)(H,29,32). The van der Waals surface area contributed by atoms with Gasteiger partial charge in [-0.15, -0.1) is 0 Å². The average Bonchev–Trinajstić information content (AvgIpc) is 2.92. The van der Waals surface area contributed by atoms with Crippen LogP contribution in [0.5, 0.6) is 5.75 Å². The number of nitro benzene ring substituents is 1. The lowest BCUT2D eigenvalue weighted by Crippen LogP contribution is -2.38. The second kappa shape index (κ2) is 13.2. The summed E-state index contributed by atoms with van der Waals surface area (Å²) in [4.78, 5) is 36.3. The third-order valence-corrected chi connectivity index (χ3v) is 7.69. The molecule has 212 valence electrons. The molecule has 0 fully saturated rings. The molecule has 0 aliphatic heterocycles. The van der Waals surface area contributed by atoms with Crippen LogP contribution in [-0.2, 0) is 19.6 Å². The molecule has 3 rings (SSSR count). The molecule has 0 saturated heterocycles. The van der Waals surface area contributed by atoms with Gasteiger partial charge in [0.2, 0.25) is 5.91 Å². The van der Waals surface area contributed by atoms with E-state index in [9.17, 15) is 28.1 Å². The number of nitrogens with zero attached hydrogens (tertiary/aromatic N) is 2. The molecule has 0 unspecified atom stereocenters. The third kappa shape index (κ3) is 7.05. The Balaban J connectivity index is 2.03. The SMILES string of the molecule is COCCNC(=O)c1ccccc1NC(=O)CN(c1cc(Cl)ccc1OC)S(=O)(=O)c1ccc(C)c([N+](=O)[O-])c1. The van der Waals surface area contributed by atoms with E-state index in [1.807, 2.05) is 0 Å². The highest BCUT2D eigenvalue weighted by atomic mass is 35.5. The summed E-state index contributed by atoms with van der Waals surface area (Å²) in [5.74, 6) is -1.19. The Hall–Kier alpha value is -4.20. The Kier molecular flexibility index (Phi) is 10.0. The van der Waals surface area contributed by atoms with Gasteiger partial charge in [-0.2, -0.15) is 0 Å². The molecule has 0 atom stereocenters. The first-order valence-corrected chi connectivity index (χ1v) is 13.6. The number of hydrogen-bond donors (Lipinski definition) is 2. The van der Waals surface area contributed by atoms with Crippen LogP contribution in [0.3, 0.4) is 0 Å². The first kappa shape index (κ1) is 30.3. The van der Waals surface area contributed by atoms with E-state index in [2.05, 4.69) is 10.6 Å². The number of para-hydroxylation sites is 1. The molecule has 2 N–H and O–H groups in total. The Morgan fingerprint density at radius 3 is 2.48 bits per heavy atom. The molecule has 14 heteroatoms. The number of ether oxygens (including phenoxy) is 2. The molecule has 2 amide bonds. The molecule has 0 aromatic heterocycles. The predicted octanol–water partition coefficient (Wildman–Crippen LogP) is 3.78. The second-order valence-electron chi connectivity index (χ2n) is 8.38. The molecule has 3 aromatic rings. The van der Waals surface area contributed by atoms with Gasteiger partial charge in [0.1, 0.15) is 12.3 Å². The summed E-state index contributed by atoms with van der Waals surface area (Å²) < 4.78 is 38.7. The lowest BCUT2D eigenvalue weighted by atomic mass is 10.1. The minimum Gasteiger partial charge on any atom is -0.495 e. The van der Waals surface area contributed by atoms with E-state index in [1.54, 1.807) is 12.1 Å². The van der Waals surface area contributed by atoms with E-state index in [4.69, 9.17) is 21.1 Å². The molecule has 0 radical (unpaired) electrons. The first-order valence-electron chi connectivity index (χ1n) is 11.8. The fourth-order valence-electron chi connectivity index (χ4n) is 3.70. The molecular formula is C26H27ClN4O8S. The molecule has 3 aromatic carbocycles. The lowest BCUT2D eigenvalue weighted by molar-refractivity contribution is -0.385. The normalized spacial score (nSPS) is 11.0. The highest BCUT2D eigenvalue weighted by molar-refractivity contribution is 7.92. The maximum absolute atomic E-state index is 13.9. The van der Waals surface area contributed by atoms with Gasteiger partial charge in [-0.1, -0.05) is 29.8 Å². The van der Waals surface area contributed by atoms with Crippen molar-refractivity contribution in [1.82, 2.24) is 5.32 Å². The highest BCUT2D eigenvalue weighted by Gasteiger charge is 2.31. The van der Waals surface area contributed by atoms with E-state index in [1.165, 1.54) is 63.6 Å². The van der Waals surface area contributed by atoms with Gasteiger partial charge >= 0.3 is 0 Å². The number of benzene rings is 3. The van der Waals surface area contributed by atoms with E-state index in [0.29, 0.717) is 0 Å². The summed E-state index contributed by atoms with van der Waals surface area (Å²) in [6, 6.07) is 13.8. The number of anilines is 2. The van der Waals surface area contributed by atoms with Crippen molar-refractivity contribution >= 4 is 50.5 Å². The van der Waals surface area contributed by atoms with Crippen LogP contribution >= 0.6 is 11.6 Å². The summed E-state index contributed by atoms with van der Waals surface area (Å²) in [7, 11) is -1.77. The summed E-state index contributed by atoms with van der Waals surface area (Å²) in [6.45, 7) is 1.22. The fourth-order valence-corrected chi connectivity index (χ4v) is 5.31. The van der Waals surface area contributed by atoms with Crippen LogP contribution in [0.4, 0.5) is 17.1 Å². The summed E-state index contributed by atoms with van der Waals surface area (Å²) in [6.07, 6.45) is 0. The number of hydrogen-bond acceptors (Lipinski definition) is 8. The van der Waals surface area contributed by atoms with Gasteiger partial charge in [-0.05, 0) is 43.3 Å². The zero-order valence-corrected chi connectivity index (χ0v) is 23.4. The topological polar surface area (TPSA) is 157 Å².